The third kappa shape index (κ3) is 14.7. The lowest BCUT2D eigenvalue weighted by molar-refractivity contribution is -0.661. The number of fused-ring (bicyclic) bond motifs is 1. The van der Waals surface area contributed by atoms with Crippen molar-refractivity contribution in [1.29, 1.82) is 5.53 Å². The van der Waals surface area contributed by atoms with Gasteiger partial charge in [0.05, 0.1) is 24.4 Å². The predicted molar refractivity (Wildman–Crippen MR) is 197 cm³/mol. The maximum atomic E-state index is 8.03. The highest BCUT2D eigenvalue weighted by Crippen LogP contribution is 2.38. The summed E-state index contributed by atoms with van der Waals surface area (Å²) in [4.78, 5) is 0. The fourth-order valence-electron chi connectivity index (χ4n) is 6.94. The summed E-state index contributed by atoms with van der Waals surface area (Å²) in [6.45, 7) is 30.7. The van der Waals surface area contributed by atoms with Crippen molar-refractivity contribution in [3.63, 3.8) is 0 Å². The number of ether oxygens (including phenoxy) is 1. The minimum Gasteiger partial charge on any atom is -0.491 e. The highest BCUT2D eigenvalue weighted by molar-refractivity contribution is 7.21. The summed E-state index contributed by atoms with van der Waals surface area (Å²) in [6.07, 6.45) is 12.3. The Morgan fingerprint density at radius 2 is 1.47 bits per heavy atom. The van der Waals surface area contributed by atoms with Gasteiger partial charge in [0.1, 0.15) is 11.2 Å². The number of unbranched alkanes of at least 4 members (excludes halogenated alkanes) is 1. The second kappa shape index (κ2) is 18.6. The minimum absolute atomic E-state index is 0.360. The zero-order valence-corrected chi connectivity index (χ0v) is 32.3. The molecule has 2 N–H and O–H groups in total. The Hall–Kier alpha value is -1.69. The Bertz CT molecular complexity index is 1120. The lowest BCUT2D eigenvalue weighted by atomic mass is 9.80. The standard InChI is InChI=1S/C39H70N4OS/c1-13-15-16-31(14-2)26-43-34-22-35(33(42-40)21-36(34)45-37(43)41-25-28(3)4)44-27-32(19-17-29(5)23-38(7,8)9)20-18-30(6)24-39(10,11)12/h21-22,28-32,40H,13-20,23-27H2,1-12H3/p+1. The van der Waals surface area contributed by atoms with Crippen molar-refractivity contribution in [3.8, 4) is 5.75 Å². The number of aromatic nitrogens is 1. The molecule has 0 aliphatic carbocycles. The normalized spacial score (nSPS) is 15.3. The van der Waals surface area contributed by atoms with Gasteiger partial charge in [0.15, 0.2) is 5.75 Å². The molecule has 1 heterocycles. The van der Waals surface area contributed by atoms with Gasteiger partial charge in [-0.15, -0.1) is 0 Å². The Morgan fingerprint density at radius 1 is 0.867 bits per heavy atom. The molecule has 0 amide bonds. The summed E-state index contributed by atoms with van der Waals surface area (Å²) in [5.74, 6) is 3.88. The van der Waals surface area contributed by atoms with Gasteiger partial charge in [-0.05, 0) is 96.3 Å². The molecule has 2 rings (SSSR count). The molecular weight excluding hydrogens is 573 g/mol. The van der Waals surface area contributed by atoms with Gasteiger partial charge in [-0.3, -0.25) is 5.32 Å². The van der Waals surface area contributed by atoms with Crippen molar-refractivity contribution in [3.05, 3.63) is 12.1 Å². The quantitative estimate of drug-likeness (QED) is 0.105. The van der Waals surface area contributed by atoms with Crippen LogP contribution in [0.15, 0.2) is 17.2 Å². The van der Waals surface area contributed by atoms with Gasteiger partial charge in [0.25, 0.3) is 0 Å². The second-order valence-corrected chi connectivity index (χ2v) is 18.2. The molecule has 5 nitrogen and oxygen atoms in total. The zero-order chi connectivity index (χ0) is 33.8. The minimum atomic E-state index is 0.360. The number of hydrogen-bond acceptors (Lipinski definition) is 5. The molecule has 1 aromatic carbocycles. The summed E-state index contributed by atoms with van der Waals surface area (Å²) in [7, 11) is 0. The summed E-state index contributed by atoms with van der Waals surface area (Å²) >= 11 is 1.79. The number of nitrogens with one attached hydrogen (secondary N) is 2. The van der Waals surface area contributed by atoms with Crippen LogP contribution in [0.1, 0.15) is 147 Å². The summed E-state index contributed by atoms with van der Waals surface area (Å²) in [6, 6.07) is 4.27. The van der Waals surface area contributed by atoms with E-state index in [1.54, 1.807) is 11.3 Å². The molecule has 0 aliphatic rings. The Morgan fingerprint density at radius 3 is 1.96 bits per heavy atom. The van der Waals surface area contributed by atoms with Crippen LogP contribution in [0, 0.1) is 46.0 Å². The van der Waals surface area contributed by atoms with E-state index >= 15 is 0 Å². The van der Waals surface area contributed by atoms with Crippen molar-refractivity contribution in [2.45, 2.75) is 154 Å². The molecule has 1 aromatic heterocycles. The number of benzene rings is 1. The topological polar surface area (TPSA) is 61.4 Å². The first kappa shape index (κ1) is 39.5. The molecule has 0 spiro atoms. The van der Waals surface area contributed by atoms with E-state index in [1.807, 2.05) is 0 Å². The van der Waals surface area contributed by atoms with Gasteiger partial charge in [0, 0.05) is 6.07 Å². The van der Waals surface area contributed by atoms with Crippen LogP contribution in [0.5, 0.6) is 5.75 Å². The molecule has 3 unspecified atom stereocenters. The lowest BCUT2D eigenvalue weighted by Gasteiger charge is -2.27. The third-order valence-corrected chi connectivity index (χ3v) is 10.2. The van der Waals surface area contributed by atoms with Gasteiger partial charge in [-0.25, -0.2) is 10.1 Å². The number of thiazole rings is 1. The van der Waals surface area contributed by atoms with Crippen LogP contribution in [-0.2, 0) is 6.54 Å². The fourth-order valence-corrected chi connectivity index (χ4v) is 8.03. The molecule has 0 aliphatic heterocycles. The number of hydrogen-bond donors (Lipinski definition) is 2. The molecule has 258 valence electrons. The molecule has 6 heteroatoms. The van der Waals surface area contributed by atoms with E-state index in [0.29, 0.717) is 52.7 Å². The predicted octanol–water partition coefficient (Wildman–Crippen LogP) is 12.8. The van der Waals surface area contributed by atoms with E-state index in [2.05, 4.69) is 110 Å². The van der Waals surface area contributed by atoms with Crippen LogP contribution in [0.3, 0.4) is 0 Å². The van der Waals surface area contributed by atoms with Gasteiger partial charge in [0.2, 0.25) is 0 Å². The van der Waals surface area contributed by atoms with Gasteiger partial charge < -0.3 is 4.74 Å². The molecule has 0 radical (unpaired) electrons. The van der Waals surface area contributed by atoms with E-state index in [4.69, 9.17) is 10.3 Å². The maximum absolute atomic E-state index is 8.03. The summed E-state index contributed by atoms with van der Waals surface area (Å²) in [5.41, 5.74) is 10.6. The molecule has 0 saturated carbocycles. The van der Waals surface area contributed by atoms with Crippen molar-refractivity contribution < 1.29 is 9.30 Å². The van der Waals surface area contributed by atoms with Crippen LogP contribution >= 0.6 is 11.3 Å². The van der Waals surface area contributed by atoms with E-state index in [9.17, 15) is 0 Å². The van der Waals surface area contributed by atoms with Crippen molar-refractivity contribution >= 4 is 32.4 Å². The van der Waals surface area contributed by atoms with Crippen LogP contribution in [-0.4, -0.2) is 13.2 Å². The fraction of sp³-hybridized carbons (Fsp3) is 0.821. The molecule has 2 aromatic rings. The maximum Gasteiger partial charge on any atom is 0.334 e. The van der Waals surface area contributed by atoms with Crippen LogP contribution in [0.2, 0.25) is 0 Å². The van der Waals surface area contributed by atoms with Crippen LogP contribution in [0.4, 0.5) is 10.8 Å². The Labute approximate surface area is 282 Å². The average molecular weight is 644 g/mol. The number of rotatable bonds is 21. The van der Waals surface area contributed by atoms with E-state index in [0.717, 1.165) is 18.8 Å². The van der Waals surface area contributed by atoms with E-state index in [1.165, 1.54) is 79.6 Å². The largest absolute Gasteiger partial charge is 0.491 e. The van der Waals surface area contributed by atoms with Crippen LogP contribution < -0.4 is 14.6 Å². The molecule has 3 atom stereocenters. The highest BCUT2D eigenvalue weighted by atomic mass is 32.1. The smallest absolute Gasteiger partial charge is 0.334 e. The molecule has 0 saturated heterocycles. The van der Waals surface area contributed by atoms with Gasteiger partial charge in [-0.2, -0.15) is 5.11 Å². The summed E-state index contributed by atoms with van der Waals surface area (Å²) in [5, 5.41) is 8.91. The zero-order valence-electron chi connectivity index (χ0n) is 31.4. The Balaban J connectivity index is 2.35. The van der Waals surface area contributed by atoms with Crippen molar-refractivity contribution in [2.75, 3.05) is 18.5 Å². The second-order valence-electron chi connectivity index (χ2n) is 17.2. The first-order chi connectivity index (χ1) is 21.0. The van der Waals surface area contributed by atoms with Crippen LogP contribution in [0.25, 0.3) is 10.2 Å². The average Bonchev–Trinajstić information content (AvgIpc) is 3.26. The first-order valence-electron chi connectivity index (χ1n) is 18.3. The molecule has 0 fully saturated rings. The Kier molecular flexibility index (Phi) is 16.3. The monoisotopic (exact) mass is 644 g/mol. The molecule has 0 bridgehead atoms. The number of anilines is 1. The molecule has 45 heavy (non-hydrogen) atoms. The van der Waals surface area contributed by atoms with E-state index < -0.39 is 0 Å². The summed E-state index contributed by atoms with van der Waals surface area (Å²) < 4.78 is 10.3. The highest BCUT2D eigenvalue weighted by Gasteiger charge is 2.25. The van der Waals surface area contributed by atoms with E-state index in [-0.39, 0.29) is 0 Å². The lowest BCUT2D eigenvalue weighted by Crippen LogP contribution is -2.39. The van der Waals surface area contributed by atoms with Gasteiger partial charge >= 0.3 is 5.13 Å². The van der Waals surface area contributed by atoms with Crippen molar-refractivity contribution in [2.24, 2.45) is 45.5 Å². The number of nitrogens with zero attached hydrogens (tertiary/aromatic N) is 2. The third-order valence-electron chi connectivity index (χ3n) is 9.08. The van der Waals surface area contributed by atoms with Crippen molar-refractivity contribution in [1.82, 2.24) is 0 Å². The van der Waals surface area contributed by atoms with Gasteiger partial charge in [-0.1, -0.05) is 109 Å². The first-order valence-corrected chi connectivity index (χ1v) is 19.1. The SMILES string of the molecule is CCCCC(CC)C[n+]1c(NCC(C)C)sc2cc(N=N)c(OCC(CCC(C)CC(C)(C)C)CCC(C)CC(C)(C)C)cc21. The molecular formula is C39H71N4OS+.